The van der Waals surface area contributed by atoms with Crippen molar-refractivity contribution in [2.24, 2.45) is 0 Å². The van der Waals surface area contributed by atoms with Crippen molar-refractivity contribution in [2.45, 2.75) is 38.2 Å². The highest BCUT2D eigenvalue weighted by atomic mass is 32.2. The molecular formula is C13H21NO3S. The summed E-state index contributed by atoms with van der Waals surface area (Å²) in [5.74, 6) is -0.0202. The number of ether oxygens (including phenoxy) is 1. The Bertz CT molecular complexity index is 516. The van der Waals surface area contributed by atoms with Crippen molar-refractivity contribution in [3.05, 3.63) is 23.8 Å². The summed E-state index contributed by atoms with van der Waals surface area (Å²) < 4.78 is 29.6. The number of sulfone groups is 1. The first-order valence-corrected chi connectivity index (χ1v) is 7.50. The molecule has 0 aliphatic carbocycles. The molecule has 5 heteroatoms. The highest BCUT2D eigenvalue weighted by Crippen LogP contribution is 2.18. The number of aryl methyl sites for hydroxylation is 1. The van der Waals surface area contributed by atoms with Crippen molar-refractivity contribution in [2.75, 3.05) is 18.1 Å². The lowest BCUT2D eigenvalue weighted by molar-refractivity contribution is 0.00644. The Morgan fingerprint density at radius 3 is 2.39 bits per heavy atom. The molecule has 0 unspecified atom stereocenters. The van der Waals surface area contributed by atoms with Crippen LogP contribution < -0.4 is 5.73 Å². The summed E-state index contributed by atoms with van der Waals surface area (Å²) in [7, 11) is -3.30. The van der Waals surface area contributed by atoms with E-state index < -0.39 is 9.84 Å². The second-order valence-corrected chi connectivity index (χ2v) is 7.41. The van der Waals surface area contributed by atoms with Crippen LogP contribution in [0.25, 0.3) is 0 Å². The Balaban J connectivity index is 2.77. The maximum absolute atomic E-state index is 12.1. The Morgan fingerprint density at radius 2 is 1.89 bits per heavy atom. The molecule has 0 amide bonds. The van der Waals surface area contributed by atoms with E-state index in [1.165, 1.54) is 6.07 Å². The van der Waals surface area contributed by atoms with E-state index in [1.807, 2.05) is 20.8 Å². The molecule has 2 N–H and O–H groups in total. The number of nitrogen functional groups attached to an aromatic ring is 1. The van der Waals surface area contributed by atoms with E-state index in [0.717, 1.165) is 5.56 Å². The molecular weight excluding hydrogens is 250 g/mol. The van der Waals surface area contributed by atoms with Gasteiger partial charge in [-0.25, -0.2) is 8.42 Å². The van der Waals surface area contributed by atoms with Gasteiger partial charge in [0, 0.05) is 5.69 Å². The first-order chi connectivity index (χ1) is 8.12. The number of nitrogens with two attached hydrogens (primary N) is 1. The fraction of sp³-hybridized carbons (Fsp3) is 0.538. The lowest BCUT2D eigenvalue weighted by atomic mass is 10.2. The average Bonchev–Trinajstić information content (AvgIpc) is 2.19. The molecule has 0 bridgehead atoms. The van der Waals surface area contributed by atoms with Crippen LogP contribution in [0.2, 0.25) is 0 Å². The van der Waals surface area contributed by atoms with E-state index in [9.17, 15) is 8.42 Å². The van der Waals surface area contributed by atoms with Crippen LogP contribution in [0, 0.1) is 6.92 Å². The van der Waals surface area contributed by atoms with Crippen LogP contribution in [-0.4, -0.2) is 26.4 Å². The smallest absolute Gasteiger partial charge is 0.180 e. The Labute approximate surface area is 109 Å². The third-order valence-electron chi connectivity index (χ3n) is 2.49. The quantitative estimate of drug-likeness (QED) is 0.852. The Morgan fingerprint density at radius 1 is 1.28 bits per heavy atom. The van der Waals surface area contributed by atoms with Crippen molar-refractivity contribution >= 4 is 15.5 Å². The fourth-order valence-electron chi connectivity index (χ4n) is 1.42. The molecule has 4 nitrogen and oxygen atoms in total. The minimum atomic E-state index is -3.30. The van der Waals surface area contributed by atoms with Crippen LogP contribution in [0.3, 0.4) is 0 Å². The van der Waals surface area contributed by atoms with Gasteiger partial charge >= 0.3 is 0 Å². The third-order valence-corrected chi connectivity index (χ3v) is 4.16. The fourth-order valence-corrected chi connectivity index (χ4v) is 2.59. The summed E-state index contributed by atoms with van der Waals surface area (Å²) in [6.07, 6.45) is 0. The molecule has 0 saturated heterocycles. The molecule has 0 spiro atoms. The molecule has 1 rings (SSSR count). The number of benzene rings is 1. The van der Waals surface area contributed by atoms with Crippen LogP contribution in [0.1, 0.15) is 26.3 Å². The maximum Gasteiger partial charge on any atom is 0.180 e. The van der Waals surface area contributed by atoms with Gasteiger partial charge in [0.2, 0.25) is 0 Å². The minimum absolute atomic E-state index is 0.0202. The van der Waals surface area contributed by atoms with Crippen LogP contribution in [-0.2, 0) is 14.6 Å². The largest absolute Gasteiger partial charge is 0.399 e. The second kappa shape index (κ2) is 5.28. The van der Waals surface area contributed by atoms with Gasteiger partial charge in [0.05, 0.1) is 22.9 Å². The summed E-state index contributed by atoms with van der Waals surface area (Å²) in [4.78, 5) is 0.298. The van der Waals surface area contributed by atoms with E-state index >= 15 is 0 Å². The summed E-state index contributed by atoms with van der Waals surface area (Å²) in [5, 5.41) is 0. The van der Waals surface area contributed by atoms with Gasteiger partial charge in [-0.15, -0.1) is 0 Å². The molecule has 102 valence electrons. The molecule has 0 aliphatic rings. The van der Waals surface area contributed by atoms with Crippen molar-refractivity contribution in [3.63, 3.8) is 0 Å². The molecule has 0 atom stereocenters. The second-order valence-electron chi connectivity index (χ2n) is 5.30. The van der Waals surface area contributed by atoms with Crippen LogP contribution in [0.15, 0.2) is 23.1 Å². The van der Waals surface area contributed by atoms with E-state index in [2.05, 4.69) is 0 Å². The number of anilines is 1. The van der Waals surface area contributed by atoms with Crippen LogP contribution in [0.4, 0.5) is 5.69 Å². The SMILES string of the molecule is Cc1cc(S(=O)(=O)CCOC(C)(C)C)ccc1N. The zero-order valence-corrected chi connectivity index (χ0v) is 12.2. The van der Waals surface area contributed by atoms with Crippen LogP contribution >= 0.6 is 0 Å². The van der Waals surface area contributed by atoms with Gasteiger partial charge in [0.25, 0.3) is 0 Å². The molecule has 0 aromatic heterocycles. The monoisotopic (exact) mass is 271 g/mol. The Hall–Kier alpha value is -1.07. The molecule has 1 aromatic rings. The van der Waals surface area contributed by atoms with Crippen molar-refractivity contribution in [1.82, 2.24) is 0 Å². The minimum Gasteiger partial charge on any atom is -0.399 e. The lowest BCUT2D eigenvalue weighted by Crippen LogP contribution is -2.23. The van der Waals surface area contributed by atoms with Gasteiger partial charge < -0.3 is 10.5 Å². The van der Waals surface area contributed by atoms with E-state index in [0.29, 0.717) is 10.6 Å². The van der Waals surface area contributed by atoms with Crippen molar-refractivity contribution in [1.29, 1.82) is 0 Å². The summed E-state index contributed by atoms with van der Waals surface area (Å²) in [6, 6.07) is 4.75. The van der Waals surface area contributed by atoms with Gasteiger partial charge in [-0.1, -0.05) is 0 Å². The van der Waals surface area contributed by atoms with Crippen molar-refractivity contribution < 1.29 is 13.2 Å². The van der Waals surface area contributed by atoms with Gasteiger partial charge in [0.15, 0.2) is 9.84 Å². The van der Waals surface area contributed by atoms with Gasteiger partial charge in [-0.3, -0.25) is 0 Å². The number of hydrogen-bond donors (Lipinski definition) is 1. The molecule has 0 saturated carbocycles. The molecule has 1 aromatic carbocycles. The predicted octanol–water partition coefficient (Wildman–Crippen LogP) is 2.17. The normalized spacial score (nSPS) is 12.7. The van der Waals surface area contributed by atoms with Gasteiger partial charge in [-0.2, -0.15) is 0 Å². The highest BCUT2D eigenvalue weighted by molar-refractivity contribution is 7.91. The summed E-state index contributed by atoms with van der Waals surface area (Å²) in [5.41, 5.74) is 6.71. The van der Waals surface area contributed by atoms with E-state index in [1.54, 1.807) is 19.1 Å². The summed E-state index contributed by atoms with van der Waals surface area (Å²) in [6.45, 7) is 7.67. The zero-order valence-electron chi connectivity index (χ0n) is 11.4. The topological polar surface area (TPSA) is 69.4 Å². The Kier molecular flexibility index (Phi) is 4.40. The van der Waals surface area contributed by atoms with Crippen molar-refractivity contribution in [3.8, 4) is 0 Å². The first kappa shape index (κ1) is 15.0. The standard InChI is InChI=1S/C13H21NO3S/c1-10-9-11(5-6-12(10)14)18(15,16)8-7-17-13(2,3)4/h5-6,9H,7-8,14H2,1-4H3. The number of rotatable bonds is 4. The molecule has 0 aliphatic heterocycles. The molecule has 0 fully saturated rings. The maximum atomic E-state index is 12.1. The average molecular weight is 271 g/mol. The molecule has 18 heavy (non-hydrogen) atoms. The van der Waals surface area contributed by atoms with Gasteiger partial charge in [0.1, 0.15) is 0 Å². The third kappa shape index (κ3) is 4.31. The molecule has 0 radical (unpaired) electrons. The lowest BCUT2D eigenvalue weighted by Gasteiger charge is -2.19. The van der Waals surface area contributed by atoms with E-state index in [4.69, 9.17) is 10.5 Å². The van der Waals surface area contributed by atoms with Crippen LogP contribution in [0.5, 0.6) is 0 Å². The van der Waals surface area contributed by atoms with E-state index in [-0.39, 0.29) is 18.0 Å². The molecule has 0 heterocycles. The predicted molar refractivity (Wildman–Crippen MR) is 73.3 cm³/mol. The highest BCUT2D eigenvalue weighted by Gasteiger charge is 2.17. The summed E-state index contributed by atoms with van der Waals surface area (Å²) >= 11 is 0. The van der Waals surface area contributed by atoms with Gasteiger partial charge in [-0.05, 0) is 51.5 Å². The first-order valence-electron chi connectivity index (χ1n) is 5.85. The number of hydrogen-bond acceptors (Lipinski definition) is 4. The zero-order chi connectivity index (χ0) is 14.0.